The standard InChI is InChI=1S/C12H18FN/c1-10(13)9-12-6-3-2-5-11(12)7-4-8-14/h2-3,5-6,10H,4,7-9,14H2,1H3. The van der Waals surface area contributed by atoms with Crippen molar-refractivity contribution in [2.75, 3.05) is 6.54 Å². The molecule has 1 aromatic carbocycles. The van der Waals surface area contributed by atoms with Crippen molar-refractivity contribution in [1.82, 2.24) is 0 Å². The van der Waals surface area contributed by atoms with Crippen molar-refractivity contribution >= 4 is 0 Å². The van der Waals surface area contributed by atoms with Gasteiger partial charge < -0.3 is 5.73 Å². The van der Waals surface area contributed by atoms with Crippen LogP contribution in [0, 0.1) is 0 Å². The molecule has 0 saturated heterocycles. The van der Waals surface area contributed by atoms with Crippen LogP contribution in [-0.4, -0.2) is 12.7 Å². The minimum atomic E-state index is -0.769. The van der Waals surface area contributed by atoms with Crippen molar-refractivity contribution in [2.45, 2.75) is 32.4 Å². The lowest BCUT2D eigenvalue weighted by Gasteiger charge is -2.09. The van der Waals surface area contributed by atoms with Crippen LogP contribution in [0.3, 0.4) is 0 Å². The smallest absolute Gasteiger partial charge is 0.101 e. The molecule has 1 atom stereocenters. The highest BCUT2D eigenvalue weighted by molar-refractivity contribution is 5.27. The van der Waals surface area contributed by atoms with Gasteiger partial charge in [-0.3, -0.25) is 0 Å². The highest BCUT2D eigenvalue weighted by atomic mass is 19.1. The molecule has 1 nitrogen and oxygen atoms in total. The van der Waals surface area contributed by atoms with Crippen LogP contribution in [0.1, 0.15) is 24.5 Å². The molecule has 1 aromatic rings. The summed E-state index contributed by atoms with van der Waals surface area (Å²) in [4.78, 5) is 0. The normalized spacial score (nSPS) is 12.8. The van der Waals surface area contributed by atoms with E-state index in [1.54, 1.807) is 6.92 Å². The lowest BCUT2D eigenvalue weighted by molar-refractivity contribution is 0.359. The van der Waals surface area contributed by atoms with Crippen LogP contribution in [0.25, 0.3) is 0 Å². The van der Waals surface area contributed by atoms with Crippen LogP contribution < -0.4 is 5.73 Å². The van der Waals surface area contributed by atoms with Gasteiger partial charge in [0, 0.05) is 6.42 Å². The predicted octanol–water partition coefficient (Wildman–Crippen LogP) is 2.48. The molecule has 0 aliphatic rings. The van der Waals surface area contributed by atoms with Gasteiger partial charge in [-0.2, -0.15) is 0 Å². The Morgan fingerprint density at radius 3 is 2.50 bits per heavy atom. The average Bonchev–Trinajstić information content (AvgIpc) is 2.16. The Hall–Kier alpha value is -0.890. The monoisotopic (exact) mass is 195 g/mol. The SMILES string of the molecule is CC(F)Cc1ccccc1CCCN. The van der Waals surface area contributed by atoms with E-state index >= 15 is 0 Å². The zero-order valence-corrected chi connectivity index (χ0v) is 8.67. The van der Waals surface area contributed by atoms with Crippen LogP contribution >= 0.6 is 0 Å². The third-order valence-electron chi connectivity index (χ3n) is 2.27. The van der Waals surface area contributed by atoms with Gasteiger partial charge >= 0.3 is 0 Å². The van der Waals surface area contributed by atoms with Crippen molar-refractivity contribution in [3.05, 3.63) is 35.4 Å². The number of benzene rings is 1. The van der Waals surface area contributed by atoms with E-state index in [4.69, 9.17) is 5.73 Å². The van der Waals surface area contributed by atoms with E-state index in [9.17, 15) is 4.39 Å². The van der Waals surface area contributed by atoms with Gasteiger partial charge in [0.2, 0.25) is 0 Å². The number of halogens is 1. The lowest BCUT2D eigenvalue weighted by Crippen LogP contribution is -2.05. The number of rotatable bonds is 5. The molecule has 1 rings (SSSR count). The van der Waals surface area contributed by atoms with Gasteiger partial charge in [-0.05, 0) is 37.4 Å². The van der Waals surface area contributed by atoms with Gasteiger partial charge in [0.1, 0.15) is 6.17 Å². The molecule has 0 amide bonds. The average molecular weight is 195 g/mol. The molecule has 0 aliphatic heterocycles. The van der Waals surface area contributed by atoms with Gasteiger partial charge in [0.25, 0.3) is 0 Å². The molecule has 0 bridgehead atoms. The Labute approximate surface area is 85.1 Å². The van der Waals surface area contributed by atoms with Crippen LogP contribution in [-0.2, 0) is 12.8 Å². The zero-order valence-electron chi connectivity index (χ0n) is 8.67. The molecule has 0 aromatic heterocycles. The fourth-order valence-electron chi connectivity index (χ4n) is 1.60. The van der Waals surface area contributed by atoms with E-state index in [-0.39, 0.29) is 0 Å². The summed E-state index contributed by atoms with van der Waals surface area (Å²) >= 11 is 0. The summed E-state index contributed by atoms with van der Waals surface area (Å²) in [6, 6.07) is 8.03. The summed E-state index contributed by atoms with van der Waals surface area (Å²) in [5.41, 5.74) is 7.81. The molecule has 0 fully saturated rings. The topological polar surface area (TPSA) is 26.0 Å². The van der Waals surface area contributed by atoms with Crippen LogP contribution in [0.15, 0.2) is 24.3 Å². The molecule has 0 spiro atoms. The number of hydrogen-bond donors (Lipinski definition) is 1. The third-order valence-corrected chi connectivity index (χ3v) is 2.27. The van der Waals surface area contributed by atoms with Gasteiger partial charge in [-0.1, -0.05) is 24.3 Å². The maximum Gasteiger partial charge on any atom is 0.101 e. The maximum absolute atomic E-state index is 12.9. The molecule has 0 saturated carbocycles. The second kappa shape index (κ2) is 5.76. The summed E-state index contributed by atoms with van der Waals surface area (Å²) in [5, 5.41) is 0. The fourth-order valence-corrected chi connectivity index (χ4v) is 1.60. The highest BCUT2D eigenvalue weighted by Gasteiger charge is 2.05. The van der Waals surface area contributed by atoms with E-state index in [1.165, 1.54) is 5.56 Å². The summed E-state index contributed by atoms with van der Waals surface area (Å²) in [6.45, 7) is 2.29. The van der Waals surface area contributed by atoms with Crippen molar-refractivity contribution in [3.8, 4) is 0 Å². The molecule has 1 unspecified atom stereocenters. The molecular weight excluding hydrogens is 177 g/mol. The zero-order chi connectivity index (χ0) is 10.4. The number of aryl methyl sites for hydroxylation is 1. The van der Waals surface area contributed by atoms with E-state index < -0.39 is 6.17 Å². The summed E-state index contributed by atoms with van der Waals surface area (Å²) in [5.74, 6) is 0. The molecule has 0 aliphatic carbocycles. The minimum absolute atomic E-state index is 0.515. The quantitative estimate of drug-likeness (QED) is 0.767. The first-order valence-electron chi connectivity index (χ1n) is 5.15. The minimum Gasteiger partial charge on any atom is -0.330 e. The third kappa shape index (κ3) is 3.46. The second-order valence-corrected chi connectivity index (χ2v) is 3.65. The van der Waals surface area contributed by atoms with Crippen LogP contribution in [0.2, 0.25) is 0 Å². The van der Waals surface area contributed by atoms with Crippen molar-refractivity contribution in [1.29, 1.82) is 0 Å². The van der Waals surface area contributed by atoms with Crippen molar-refractivity contribution in [2.24, 2.45) is 5.73 Å². The van der Waals surface area contributed by atoms with Gasteiger partial charge in [-0.25, -0.2) is 4.39 Å². The fraction of sp³-hybridized carbons (Fsp3) is 0.500. The van der Waals surface area contributed by atoms with Crippen LogP contribution in [0.5, 0.6) is 0 Å². The Bertz CT molecular complexity index is 271. The first-order valence-corrected chi connectivity index (χ1v) is 5.15. The number of nitrogens with two attached hydrogens (primary N) is 1. The van der Waals surface area contributed by atoms with Gasteiger partial charge in [0.05, 0.1) is 0 Å². The molecule has 2 heteroatoms. The Morgan fingerprint density at radius 1 is 1.29 bits per heavy atom. The van der Waals surface area contributed by atoms with E-state index in [0.29, 0.717) is 13.0 Å². The molecule has 0 heterocycles. The summed E-state index contributed by atoms with van der Waals surface area (Å²) in [7, 11) is 0. The molecular formula is C12H18FN. The summed E-state index contributed by atoms with van der Waals surface area (Å²) < 4.78 is 12.9. The Kier molecular flexibility index (Phi) is 4.60. The van der Waals surface area contributed by atoms with Gasteiger partial charge in [0.15, 0.2) is 0 Å². The largest absolute Gasteiger partial charge is 0.330 e. The van der Waals surface area contributed by atoms with E-state index in [1.807, 2.05) is 18.2 Å². The second-order valence-electron chi connectivity index (χ2n) is 3.65. The predicted molar refractivity (Wildman–Crippen MR) is 58.1 cm³/mol. The maximum atomic E-state index is 12.9. The Morgan fingerprint density at radius 2 is 1.93 bits per heavy atom. The number of alkyl halides is 1. The first-order chi connectivity index (χ1) is 6.74. The Balaban J connectivity index is 2.69. The molecule has 0 radical (unpaired) electrons. The van der Waals surface area contributed by atoms with Gasteiger partial charge in [-0.15, -0.1) is 0 Å². The molecule has 14 heavy (non-hydrogen) atoms. The molecule has 78 valence electrons. The van der Waals surface area contributed by atoms with Crippen molar-refractivity contribution < 1.29 is 4.39 Å². The van der Waals surface area contributed by atoms with Crippen molar-refractivity contribution in [3.63, 3.8) is 0 Å². The van der Waals surface area contributed by atoms with Crippen LogP contribution in [0.4, 0.5) is 4.39 Å². The molecule has 2 N–H and O–H groups in total. The highest BCUT2D eigenvalue weighted by Crippen LogP contribution is 2.14. The number of hydrogen-bond acceptors (Lipinski definition) is 1. The summed E-state index contributed by atoms with van der Waals surface area (Å²) in [6.07, 6.45) is 1.67. The first kappa shape index (κ1) is 11.2. The van der Waals surface area contributed by atoms with E-state index in [0.717, 1.165) is 18.4 Å². The van der Waals surface area contributed by atoms with E-state index in [2.05, 4.69) is 6.07 Å². The lowest BCUT2D eigenvalue weighted by atomic mass is 9.99.